The van der Waals surface area contributed by atoms with E-state index in [1.54, 1.807) is 6.33 Å². The van der Waals surface area contributed by atoms with Crippen molar-refractivity contribution in [2.24, 2.45) is 0 Å². The van der Waals surface area contributed by atoms with Gasteiger partial charge in [-0.2, -0.15) is 0 Å². The molecule has 0 saturated carbocycles. The first-order chi connectivity index (χ1) is 15.1. The Morgan fingerprint density at radius 3 is 2.61 bits per heavy atom. The van der Waals surface area contributed by atoms with Gasteiger partial charge in [0.25, 0.3) is 5.91 Å². The van der Waals surface area contributed by atoms with Gasteiger partial charge in [0, 0.05) is 32.7 Å². The quantitative estimate of drug-likeness (QED) is 0.604. The molecule has 1 N–H and O–H groups in total. The molecule has 0 spiro atoms. The molecule has 4 rings (SSSR count). The number of benzene rings is 1. The van der Waals surface area contributed by atoms with Gasteiger partial charge in [-0.15, -0.1) is 11.3 Å². The molecule has 7 heteroatoms. The highest BCUT2D eigenvalue weighted by Gasteiger charge is 2.24. The van der Waals surface area contributed by atoms with E-state index < -0.39 is 0 Å². The normalized spacial score (nSPS) is 15.9. The Hall–Kier alpha value is -2.51. The van der Waals surface area contributed by atoms with Crippen LogP contribution in [0.2, 0.25) is 0 Å². The van der Waals surface area contributed by atoms with E-state index in [0.29, 0.717) is 6.54 Å². The third-order valence-electron chi connectivity index (χ3n) is 6.06. The van der Waals surface area contributed by atoms with Gasteiger partial charge in [0.1, 0.15) is 17.0 Å². The number of piperazine rings is 1. The molecule has 0 bridgehead atoms. The van der Waals surface area contributed by atoms with E-state index in [1.165, 1.54) is 23.3 Å². The number of carbonyl (C=O) groups excluding carboxylic acids is 1. The van der Waals surface area contributed by atoms with Gasteiger partial charge in [0.2, 0.25) is 0 Å². The van der Waals surface area contributed by atoms with E-state index in [2.05, 4.69) is 51.1 Å². The Morgan fingerprint density at radius 2 is 1.90 bits per heavy atom. The van der Waals surface area contributed by atoms with Crippen molar-refractivity contribution < 1.29 is 4.79 Å². The zero-order valence-electron chi connectivity index (χ0n) is 18.6. The summed E-state index contributed by atoms with van der Waals surface area (Å²) in [6.45, 7) is 12.1. The summed E-state index contributed by atoms with van der Waals surface area (Å²) in [4.78, 5) is 28.6. The van der Waals surface area contributed by atoms with Gasteiger partial charge < -0.3 is 10.2 Å². The van der Waals surface area contributed by atoms with Crippen molar-refractivity contribution in [1.82, 2.24) is 20.2 Å². The summed E-state index contributed by atoms with van der Waals surface area (Å²) < 4.78 is 0. The van der Waals surface area contributed by atoms with E-state index >= 15 is 0 Å². The SMILES string of the molecule is CCCN1CCN(c2ncnc3sc(C(=O)NCC(C)c4ccccc4)c(C)c23)CC1. The predicted octanol–water partition coefficient (Wildman–Crippen LogP) is 4.07. The number of rotatable bonds is 7. The van der Waals surface area contributed by atoms with Gasteiger partial charge in [0.05, 0.1) is 10.3 Å². The fourth-order valence-corrected chi connectivity index (χ4v) is 5.29. The fourth-order valence-electron chi connectivity index (χ4n) is 4.23. The summed E-state index contributed by atoms with van der Waals surface area (Å²) in [6, 6.07) is 10.3. The second-order valence-electron chi connectivity index (χ2n) is 8.28. The van der Waals surface area contributed by atoms with Gasteiger partial charge in [-0.1, -0.05) is 44.2 Å². The minimum absolute atomic E-state index is 0.0259. The van der Waals surface area contributed by atoms with Crippen LogP contribution in [-0.2, 0) is 0 Å². The number of thiophene rings is 1. The smallest absolute Gasteiger partial charge is 0.261 e. The van der Waals surface area contributed by atoms with Gasteiger partial charge in [-0.25, -0.2) is 9.97 Å². The van der Waals surface area contributed by atoms with Crippen molar-refractivity contribution in [2.45, 2.75) is 33.1 Å². The number of nitrogens with zero attached hydrogens (tertiary/aromatic N) is 4. The standard InChI is InChI=1S/C24H31N5OS/c1-4-10-28-11-13-29(14-12-28)22-20-18(3)21(31-24(20)27-16-26-22)23(30)25-15-17(2)19-8-6-5-7-9-19/h5-9,16-17H,4,10-15H2,1-3H3,(H,25,30). The lowest BCUT2D eigenvalue weighted by molar-refractivity contribution is 0.0955. The number of hydrogen-bond donors (Lipinski definition) is 1. The molecule has 1 saturated heterocycles. The van der Waals surface area contributed by atoms with E-state index in [1.807, 2.05) is 25.1 Å². The average Bonchev–Trinajstić information content (AvgIpc) is 3.15. The molecule has 1 aliphatic rings. The maximum atomic E-state index is 13.0. The molecule has 3 heterocycles. The van der Waals surface area contributed by atoms with Crippen LogP contribution in [0.25, 0.3) is 10.2 Å². The van der Waals surface area contributed by atoms with Crippen molar-refractivity contribution in [1.29, 1.82) is 0 Å². The van der Waals surface area contributed by atoms with Crippen molar-refractivity contribution in [3.63, 3.8) is 0 Å². The lowest BCUT2D eigenvalue weighted by Crippen LogP contribution is -2.46. The van der Waals surface area contributed by atoms with Crippen molar-refractivity contribution in [3.05, 3.63) is 52.7 Å². The number of fused-ring (bicyclic) bond motifs is 1. The van der Waals surface area contributed by atoms with E-state index in [0.717, 1.165) is 59.2 Å². The van der Waals surface area contributed by atoms with Crippen LogP contribution < -0.4 is 10.2 Å². The summed E-state index contributed by atoms with van der Waals surface area (Å²) in [5.74, 6) is 1.20. The summed E-state index contributed by atoms with van der Waals surface area (Å²) in [7, 11) is 0. The molecule has 1 unspecified atom stereocenters. The molecular weight excluding hydrogens is 406 g/mol. The van der Waals surface area contributed by atoms with Crippen LogP contribution in [0.3, 0.4) is 0 Å². The van der Waals surface area contributed by atoms with Crippen LogP contribution in [0, 0.1) is 6.92 Å². The zero-order chi connectivity index (χ0) is 21.8. The van der Waals surface area contributed by atoms with Gasteiger partial charge >= 0.3 is 0 Å². The molecular formula is C24H31N5OS. The van der Waals surface area contributed by atoms with Crippen LogP contribution in [-0.4, -0.2) is 60.0 Å². The molecule has 1 aromatic carbocycles. The number of aryl methyl sites for hydroxylation is 1. The summed E-state index contributed by atoms with van der Waals surface area (Å²) in [5, 5.41) is 4.15. The molecule has 6 nitrogen and oxygen atoms in total. The highest BCUT2D eigenvalue weighted by molar-refractivity contribution is 7.20. The molecule has 0 radical (unpaired) electrons. The Balaban J connectivity index is 1.50. The lowest BCUT2D eigenvalue weighted by atomic mass is 10.0. The summed E-state index contributed by atoms with van der Waals surface area (Å²) in [5.41, 5.74) is 2.21. The average molecular weight is 438 g/mol. The topological polar surface area (TPSA) is 61.4 Å². The lowest BCUT2D eigenvalue weighted by Gasteiger charge is -2.35. The van der Waals surface area contributed by atoms with Crippen molar-refractivity contribution >= 4 is 33.3 Å². The molecule has 31 heavy (non-hydrogen) atoms. The van der Waals surface area contributed by atoms with Gasteiger partial charge in [0.15, 0.2) is 0 Å². The van der Waals surface area contributed by atoms with Gasteiger partial charge in [-0.3, -0.25) is 9.69 Å². The Kier molecular flexibility index (Phi) is 6.83. The van der Waals surface area contributed by atoms with E-state index in [9.17, 15) is 4.79 Å². The zero-order valence-corrected chi connectivity index (χ0v) is 19.4. The van der Waals surface area contributed by atoms with Crippen molar-refractivity contribution in [3.8, 4) is 0 Å². The first-order valence-electron chi connectivity index (χ1n) is 11.1. The third-order valence-corrected chi connectivity index (χ3v) is 7.26. The molecule has 2 aromatic heterocycles. The monoisotopic (exact) mass is 437 g/mol. The number of anilines is 1. The number of carbonyl (C=O) groups is 1. The number of nitrogens with one attached hydrogen (secondary N) is 1. The molecule has 1 amide bonds. The highest BCUT2D eigenvalue weighted by atomic mass is 32.1. The molecule has 3 aromatic rings. The molecule has 0 aliphatic carbocycles. The number of amides is 1. The second-order valence-corrected chi connectivity index (χ2v) is 9.28. The molecule has 1 aliphatic heterocycles. The van der Waals surface area contributed by atoms with Crippen molar-refractivity contribution in [2.75, 3.05) is 44.2 Å². The van der Waals surface area contributed by atoms with Gasteiger partial charge in [-0.05, 0) is 36.9 Å². The van der Waals surface area contributed by atoms with Crippen LogP contribution in [0.15, 0.2) is 36.7 Å². The Bertz CT molecular complexity index is 1030. The summed E-state index contributed by atoms with van der Waals surface area (Å²) >= 11 is 1.47. The molecule has 164 valence electrons. The maximum Gasteiger partial charge on any atom is 0.261 e. The van der Waals surface area contributed by atoms with E-state index in [-0.39, 0.29) is 11.8 Å². The molecule has 1 fully saturated rings. The van der Waals surface area contributed by atoms with Crippen LogP contribution in [0.1, 0.15) is 47.0 Å². The fraction of sp³-hybridized carbons (Fsp3) is 0.458. The minimum Gasteiger partial charge on any atom is -0.353 e. The second kappa shape index (κ2) is 9.75. The molecule has 1 atom stereocenters. The highest BCUT2D eigenvalue weighted by Crippen LogP contribution is 2.35. The van der Waals surface area contributed by atoms with Crippen LogP contribution >= 0.6 is 11.3 Å². The van der Waals surface area contributed by atoms with Crippen LogP contribution in [0.5, 0.6) is 0 Å². The predicted molar refractivity (Wildman–Crippen MR) is 128 cm³/mol. The minimum atomic E-state index is -0.0259. The Morgan fingerprint density at radius 1 is 1.16 bits per heavy atom. The summed E-state index contributed by atoms with van der Waals surface area (Å²) in [6.07, 6.45) is 2.81. The largest absolute Gasteiger partial charge is 0.353 e. The Labute approximate surface area is 188 Å². The van der Waals surface area contributed by atoms with Crippen LogP contribution in [0.4, 0.5) is 5.82 Å². The third kappa shape index (κ3) is 4.72. The number of hydrogen-bond acceptors (Lipinski definition) is 6. The van der Waals surface area contributed by atoms with E-state index in [4.69, 9.17) is 0 Å². The maximum absolute atomic E-state index is 13.0. The first kappa shape index (κ1) is 21.7. The first-order valence-corrected chi connectivity index (χ1v) is 11.9. The number of aromatic nitrogens is 2.